The number of halogens is 3. The second-order valence-electron chi connectivity index (χ2n) is 6.63. The molecule has 0 unspecified atom stereocenters. The zero-order chi connectivity index (χ0) is 22.4. The monoisotopic (exact) mass is 419 g/mol. The number of pyridine rings is 1. The number of ether oxygens (including phenoxy) is 1. The summed E-state index contributed by atoms with van der Waals surface area (Å²) < 4.78 is 45.4. The van der Waals surface area contributed by atoms with E-state index in [1.807, 2.05) is 6.07 Å². The molecule has 0 saturated heterocycles. The molecule has 0 radical (unpaired) electrons. The summed E-state index contributed by atoms with van der Waals surface area (Å²) in [5, 5.41) is 17.8. The number of benzene rings is 2. The third kappa shape index (κ3) is 5.29. The van der Waals surface area contributed by atoms with Gasteiger partial charge in [0.1, 0.15) is 5.75 Å². The van der Waals surface area contributed by atoms with Crippen molar-refractivity contribution in [1.82, 2.24) is 4.98 Å². The van der Waals surface area contributed by atoms with Gasteiger partial charge < -0.3 is 4.74 Å². The van der Waals surface area contributed by atoms with Crippen molar-refractivity contribution >= 4 is 5.57 Å². The van der Waals surface area contributed by atoms with E-state index in [4.69, 9.17) is 15.3 Å². The second-order valence-corrected chi connectivity index (χ2v) is 6.63. The lowest BCUT2D eigenvalue weighted by Gasteiger charge is -2.13. The molecule has 0 N–H and O–H groups in total. The summed E-state index contributed by atoms with van der Waals surface area (Å²) in [5.41, 5.74) is 0.986. The molecule has 31 heavy (non-hydrogen) atoms. The third-order valence-electron chi connectivity index (χ3n) is 4.57. The van der Waals surface area contributed by atoms with Gasteiger partial charge in [-0.15, -0.1) is 0 Å². The molecule has 3 rings (SSSR count). The van der Waals surface area contributed by atoms with Crippen LogP contribution in [0, 0.1) is 22.7 Å². The molecule has 2 aromatic carbocycles. The minimum Gasteiger partial charge on any atom is -0.493 e. The highest BCUT2D eigenvalue weighted by molar-refractivity contribution is 5.77. The van der Waals surface area contributed by atoms with Crippen molar-refractivity contribution in [2.24, 2.45) is 0 Å². The maximum Gasteiger partial charge on any atom is 0.417 e. The van der Waals surface area contributed by atoms with Crippen LogP contribution in [0.25, 0.3) is 5.57 Å². The molecule has 0 amide bonds. The Kier molecular flexibility index (Phi) is 6.37. The Balaban J connectivity index is 1.73. The molecular formula is C24H16F3N3O. The number of hydrogen-bond donors (Lipinski definition) is 0. The molecule has 0 spiro atoms. The zero-order valence-electron chi connectivity index (χ0n) is 16.3. The Bertz CT molecular complexity index is 1190. The first-order valence-electron chi connectivity index (χ1n) is 9.20. The van der Waals surface area contributed by atoms with Gasteiger partial charge in [0.2, 0.25) is 0 Å². The van der Waals surface area contributed by atoms with Crippen LogP contribution in [0.5, 0.6) is 5.75 Å². The number of aromatic nitrogens is 1. The average Bonchev–Trinajstić information content (AvgIpc) is 2.78. The van der Waals surface area contributed by atoms with E-state index in [2.05, 4.69) is 11.6 Å². The van der Waals surface area contributed by atoms with E-state index < -0.39 is 17.3 Å². The fourth-order valence-electron chi connectivity index (χ4n) is 2.92. The summed E-state index contributed by atoms with van der Waals surface area (Å²) in [7, 11) is 0. The summed E-state index contributed by atoms with van der Waals surface area (Å²) >= 11 is 0. The smallest absolute Gasteiger partial charge is 0.417 e. The first-order chi connectivity index (χ1) is 14.8. The van der Waals surface area contributed by atoms with Crippen LogP contribution >= 0.6 is 0 Å². The Morgan fingerprint density at radius 2 is 1.74 bits per heavy atom. The third-order valence-corrected chi connectivity index (χ3v) is 4.57. The lowest BCUT2D eigenvalue weighted by Crippen LogP contribution is -2.08. The van der Waals surface area contributed by atoms with E-state index in [0.717, 1.165) is 17.7 Å². The molecule has 0 bridgehead atoms. The molecule has 7 heteroatoms. The SMILES string of the molecule is C=C(c1ccc(C#N)c(C(F)(F)F)c1)c1cc(CCOc2ccc(C#N)cc2)ccn1. The zero-order valence-corrected chi connectivity index (χ0v) is 16.3. The second kappa shape index (κ2) is 9.15. The van der Waals surface area contributed by atoms with Gasteiger partial charge in [-0.25, -0.2) is 0 Å². The summed E-state index contributed by atoms with van der Waals surface area (Å²) in [6.45, 7) is 4.26. The van der Waals surface area contributed by atoms with Crippen LogP contribution in [0.1, 0.15) is 33.5 Å². The summed E-state index contributed by atoms with van der Waals surface area (Å²) in [6, 6.07) is 17.4. The molecular weight excluding hydrogens is 403 g/mol. The maximum atomic E-state index is 13.2. The highest BCUT2D eigenvalue weighted by atomic mass is 19.4. The Morgan fingerprint density at radius 3 is 2.39 bits per heavy atom. The van der Waals surface area contributed by atoms with Crippen LogP contribution in [0.3, 0.4) is 0 Å². The molecule has 0 fully saturated rings. The van der Waals surface area contributed by atoms with Gasteiger partial charge in [-0.3, -0.25) is 4.98 Å². The predicted octanol–water partition coefficient (Wildman–Crippen LogP) is 5.53. The minimum absolute atomic E-state index is 0.241. The quantitative estimate of drug-likeness (QED) is 0.527. The molecule has 154 valence electrons. The first-order valence-corrected chi connectivity index (χ1v) is 9.20. The van der Waals surface area contributed by atoms with Crippen molar-refractivity contribution in [2.75, 3.05) is 6.61 Å². The van der Waals surface area contributed by atoms with E-state index in [1.54, 1.807) is 48.7 Å². The van der Waals surface area contributed by atoms with E-state index in [-0.39, 0.29) is 5.56 Å². The van der Waals surface area contributed by atoms with Crippen molar-refractivity contribution in [1.29, 1.82) is 10.5 Å². The largest absolute Gasteiger partial charge is 0.493 e. The number of nitriles is 2. The molecule has 4 nitrogen and oxygen atoms in total. The Hall–Kier alpha value is -4.10. The lowest BCUT2D eigenvalue weighted by atomic mass is 9.97. The van der Waals surface area contributed by atoms with Gasteiger partial charge in [-0.05, 0) is 59.7 Å². The molecule has 0 aliphatic rings. The standard InChI is InChI=1S/C24H16F3N3O/c1-16(19-4-5-20(15-29)22(13-19)24(25,26)27)23-12-17(8-10-30-23)9-11-31-21-6-2-18(14-28)3-7-21/h2-8,10,12-13H,1,9,11H2. The number of nitrogens with zero attached hydrogens (tertiary/aromatic N) is 3. The Morgan fingerprint density at radius 1 is 1.00 bits per heavy atom. The fourth-order valence-corrected chi connectivity index (χ4v) is 2.92. The molecule has 0 aliphatic carbocycles. The van der Waals surface area contributed by atoms with E-state index in [9.17, 15) is 13.2 Å². The fraction of sp³-hybridized carbons (Fsp3) is 0.125. The maximum absolute atomic E-state index is 13.2. The minimum atomic E-state index is -4.64. The average molecular weight is 419 g/mol. The van der Waals surface area contributed by atoms with Crippen LogP contribution in [0.15, 0.2) is 67.4 Å². The van der Waals surface area contributed by atoms with Gasteiger partial charge >= 0.3 is 6.18 Å². The molecule has 0 saturated carbocycles. The summed E-state index contributed by atoms with van der Waals surface area (Å²) in [4.78, 5) is 4.22. The Labute approximate surface area is 177 Å². The van der Waals surface area contributed by atoms with Crippen LogP contribution in [0.4, 0.5) is 13.2 Å². The van der Waals surface area contributed by atoms with Crippen molar-refractivity contribution in [3.63, 3.8) is 0 Å². The van der Waals surface area contributed by atoms with Gasteiger partial charge in [-0.2, -0.15) is 23.7 Å². The van der Waals surface area contributed by atoms with Crippen molar-refractivity contribution in [2.45, 2.75) is 12.6 Å². The van der Waals surface area contributed by atoms with E-state index in [0.29, 0.717) is 35.6 Å². The first kappa shape index (κ1) is 21.6. The van der Waals surface area contributed by atoms with Gasteiger partial charge in [-0.1, -0.05) is 12.6 Å². The number of rotatable bonds is 6. The van der Waals surface area contributed by atoms with Gasteiger partial charge in [0.05, 0.1) is 41.1 Å². The van der Waals surface area contributed by atoms with Crippen molar-refractivity contribution in [3.8, 4) is 17.9 Å². The van der Waals surface area contributed by atoms with E-state index in [1.165, 1.54) is 6.07 Å². The summed E-state index contributed by atoms with van der Waals surface area (Å²) in [6.07, 6.45) is -2.53. The molecule has 0 atom stereocenters. The lowest BCUT2D eigenvalue weighted by molar-refractivity contribution is -0.137. The number of alkyl halides is 3. The molecule has 0 aliphatic heterocycles. The van der Waals surface area contributed by atoms with Crippen LogP contribution < -0.4 is 4.74 Å². The number of hydrogen-bond acceptors (Lipinski definition) is 4. The molecule has 1 heterocycles. The van der Waals surface area contributed by atoms with Gasteiger partial charge in [0, 0.05) is 18.2 Å². The normalized spacial score (nSPS) is 10.7. The van der Waals surface area contributed by atoms with Crippen LogP contribution in [-0.2, 0) is 12.6 Å². The summed E-state index contributed by atoms with van der Waals surface area (Å²) in [5.74, 6) is 0.634. The van der Waals surface area contributed by atoms with E-state index >= 15 is 0 Å². The van der Waals surface area contributed by atoms with Gasteiger partial charge in [0.25, 0.3) is 0 Å². The van der Waals surface area contributed by atoms with Crippen LogP contribution in [-0.4, -0.2) is 11.6 Å². The van der Waals surface area contributed by atoms with Crippen molar-refractivity contribution < 1.29 is 17.9 Å². The molecule has 1 aromatic heterocycles. The predicted molar refractivity (Wildman–Crippen MR) is 109 cm³/mol. The topological polar surface area (TPSA) is 69.7 Å². The highest BCUT2D eigenvalue weighted by Crippen LogP contribution is 2.34. The van der Waals surface area contributed by atoms with Gasteiger partial charge in [0.15, 0.2) is 0 Å². The van der Waals surface area contributed by atoms with Crippen LogP contribution in [0.2, 0.25) is 0 Å². The molecule has 3 aromatic rings. The van der Waals surface area contributed by atoms with Crippen molar-refractivity contribution in [3.05, 3.63) is 101 Å². The highest BCUT2D eigenvalue weighted by Gasteiger charge is 2.34.